The van der Waals surface area contributed by atoms with Gasteiger partial charge in [0.15, 0.2) is 0 Å². The molecule has 2 aromatic rings. The van der Waals surface area contributed by atoms with E-state index in [1.54, 1.807) is 46.2 Å². The first-order valence-corrected chi connectivity index (χ1v) is 7.46. The molecule has 2 heterocycles. The maximum Gasteiger partial charge on any atom is 0.253 e. The Morgan fingerprint density at radius 1 is 1.39 bits per heavy atom. The number of carbonyl (C=O) groups excluding carboxylic acids is 1. The van der Waals surface area contributed by atoms with Gasteiger partial charge in [-0.25, -0.2) is 4.68 Å². The lowest BCUT2D eigenvalue weighted by Gasteiger charge is -2.39. The molecule has 1 fully saturated rings. The number of aromatic nitrogens is 3. The third kappa shape index (κ3) is 3.38. The van der Waals surface area contributed by atoms with Crippen molar-refractivity contribution in [3.05, 3.63) is 47.8 Å². The average Bonchev–Trinajstić information content (AvgIpc) is 3.06. The van der Waals surface area contributed by atoms with E-state index < -0.39 is 5.60 Å². The first-order valence-electron chi connectivity index (χ1n) is 7.46. The lowest BCUT2D eigenvalue weighted by Crippen LogP contribution is -2.52. The fourth-order valence-corrected chi connectivity index (χ4v) is 2.90. The summed E-state index contributed by atoms with van der Waals surface area (Å²) in [6.45, 7) is 1.17. The molecule has 0 bridgehead atoms. The molecule has 23 heavy (non-hydrogen) atoms. The molecule has 1 aliphatic heterocycles. The highest BCUT2D eigenvalue weighted by Gasteiger charge is 2.36. The highest BCUT2D eigenvalue weighted by molar-refractivity contribution is 5.94. The van der Waals surface area contributed by atoms with E-state index in [-0.39, 0.29) is 12.5 Å². The predicted molar refractivity (Wildman–Crippen MR) is 81.3 cm³/mol. The Balaban J connectivity index is 1.72. The summed E-state index contributed by atoms with van der Waals surface area (Å²) in [6, 6.07) is 8.57. The highest BCUT2D eigenvalue weighted by Crippen LogP contribution is 2.24. The molecule has 1 amide bonds. The van der Waals surface area contributed by atoms with Crippen molar-refractivity contribution in [3.63, 3.8) is 0 Å². The van der Waals surface area contributed by atoms with Crippen LogP contribution in [0.3, 0.4) is 0 Å². The molecule has 0 aliphatic carbocycles. The molecule has 1 unspecified atom stereocenters. The van der Waals surface area contributed by atoms with Crippen molar-refractivity contribution in [1.82, 2.24) is 19.9 Å². The van der Waals surface area contributed by atoms with Gasteiger partial charge in [0.05, 0.1) is 30.9 Å². The minimum Gasteiger partial charge on any atom is -0.386 e. The molecule has 1 aromatic heterocycles. The van der Waals surface area contributed by atoms with Gasteiger partial charge in [0.1, 0.15) is 5.60 Å². The van der Waals surface area contributed by atoms with Crippen LogP contribution in [0.2, 0.25) is 0 Å². The third-order valence-electron chi connectivity index (χ3n) is 4.03. The summed E-state index contributed by atoms with van der Waals surface area (Å²) in [5.74, 6) is -0.133. The number of likely N-dealkylation sites (tertiary alicyclic amines) is 1. The van der Waals surface area contributed by atoms with Crippen LogP contribution < -0.4 is 0 Å². The Kier molecular flexibility index (Phi) is 4.08. The Labute approximate surface area is 133 Å². The normalized spacial score (nSPS) is 21.0. The number of nitriles is 1. The number of amides is 1. The maximum atomic E-state index is 12.6. The minimum absolute atomic E-state index is 0.133. The summed E-state index contributed by atoms with van der Waals surface area (Å²) >= 11 is 0. The predicted octanol–water partition coefficient (Wildman–Crippen LogP) is 0.817. The SMILES string of the molecule is N#Cc1ccc(C(=O)N2CCCC(O)(Cn3ccnn3)C2)cc1. The fraction of sp³-hybridized carbons (Fsp3) is 0.375. The molecule has 1 aliphatic rings. The lowest BCUT2D eigenvalue weighted by molar-refractivity contribution is -0.0387. The molecule has 0 spiro atoms. The van der Waals surface area contributed by atoms with E-state index in [0.29, 0.717) is 30.6 Å². The zero-order valence-electron chi connectivity index (χ0n) is 12.6. The number of carbonyl (C=O) groups is 1. The molecule has 118 valence electrons. The number of piperidine rings is 1. The average molecular weight is 311 g/mol. The van der Waals surface area contributed by atoms with E-state index in [0.717, 1.165) is 6.42 Å². The first kappa shape index (κ1) is 15.2. The van der Waals surface area contributed by atoms with Gasteiger partial charge in [0.2, 0.25) is 0 Å². The monoisotopic (exact) mass is 311 g/mol. The van der Waals surface area contributed by atoms with Crippen molar-refractivity contribution in [1.29, 1.82) is 5.26 Å². The second-order valence-electron chi connectivity index (χ2n) is 5.84. The van der Waals surface area contributed by atoms with Crippen molar-refractivity contribution in [2.45, 2.75) is 25.0 Å². The van der Waals surface area contributed by atoms with Gasteiger partial charge in [0, 0.05) is 18.3 Å². The van der Waals surface area contributed by atoms with Crippen LogP contribution in [-0.4, -0.2) is 49.6 Å². The maximum absolute atomic E-state index is 12.6. The van der Waals surface area contributed by atoms with Crippen LogP contribution in [0.1, 0.15) is 28.8 Å². The molecule has 1 aromatic carbocycles. The third-order valence-corrected chi connectivity index (χ3v) is 4.03. The number of nitrogens with zero attached hydrogens (tertiary/aromatic N) is 5. The van der Waals surface area contributed by atoms with Gasteiger partial charge in [-0.05, 0) is 37.1 Å². The standard InChI is InChI=1S/C16H17N5O2/c17-10-13-2-4-14(5-3-13)15(22)20-8-1-6-16(23,11-20)12-21-9-7-18-19-21/h2-5,7,9,23H,1,6,8,11-12H2. The lowest BCUT2D eigenvalue weighted by atomic mass is 9.92. The van der Waals surface area contributed by atoms with Crippen LogP contribution in [0.25, 0.3) is 0 Å². The second kappa shape index (κ2) is 6.18. The fourth-order valence-electron chi connectivity index (χ4n) is 2.90. The van der Waals surface area contributed by atoms with E-state index in [9.17, 15) is 9.90 Å². The zero-order chi connectivity index (χ0) is 16.3. The summed E-state index contributed by atoms with van der Waals surface area (Å²) in [7, 11) is 0. The van der Waals surface area contributed by atoms with Crippen LogP contribution >= 0.6 is 0 Å². The van der Waals surface area contributed by atoms with Crippen molar-refractivity contribution in [3.8, 4) is 6.07 Å². The minimum atomic E-state index is -1.01. The molecule has 1 N–H and O–H groups in total. The van der Waals surface area contributed by atoms with Crippen LogP contribution in [0.15, 0.2) is 36.7 Å². The van der Waals surface area contributed by atoms with Gasteiger partial charge in [-0.15, -0.1) is 5.10 Å². The first-order chi connectivity index (χ1) is 11.1. The molecular formula is C16H17N5O2. The van der Waals surface area contributed by atoms with E-state index >= 15 is 0 Å². The van der Waals surface area contributed by atoms with Crippen molar-refractivity contribution < 1.29 is 9.90 Å². The van der Waals surface area contributed by atoms with Crippen LogP contribution in [0, 0.1) is 11.3 Å². The topological polar surface area (TPSA) is 95.0 Å². The number of benzene rings is 1. The Hall–Kier alpha value is -2.72. The van der Waals surface area contributed by atoms with Gasteiger partial charge in [-0.1, -0.05) is 5.21 Å². The van der Waals surface area contributed by atoms with Gasteiger partial charge in [0.25, 0.3) is 5.91 Å². The molecule has 1 saturated heterocycles. The van der Waals surface area contributed by atoms with Crippen LogP contribution in [0.5, 0.6) is 0 Å². The molecule has 1 atom stereocenters. The smallest absolute Gasteiger partial charge is 0.253 e. The molecule has 0 radical (unpaired) electrons. The summed E-state index contributed by atoms with van der Waals surface area (Å²) in [5, 5.41) is 27.2. The highest BCUT2D eigenvalue weighted by atomic mass is 16.3. The van der Waals surface area contributed by atoms with Gasteiger partial charge in [-0.2, -0.15) is 5.26 Å². The summed E-state index contributed by atoms with van der Waals surface area (Å²) in [4.78, 5) is 14.2. The number of hydrogen-bond donors (Lipinski definition) is 1. The quantitative estimate of drug-likeness (QED) is 0.905. The summed E-state index contributed by atoms with van der Waals surface area (Å²) in [5.41, 5.74) is 0.0330. The molecule has 3 rings (SSSR count). The van der Waals surface area contributed by atoms with Crippen molar-refractivity contribution >= 4 is 5.91 Å². The summed E-state index contributed by atoms with van der Waals surface area (Å²) < 4.78 is 1.58. The number of β-amino-alcohol motifs (C(OH)–C–C–N with tert-alkyl or cyclic N) is 1. The largest absolute Gasteiger partial charge is 0.386 e. The van der Waals surface area contributed by atoms with Crippen molar-refractivity contribution in [2.24, 2.45) is 0 Å². The van der Waals surface area contributed by atoms with Crippen molar-refractivity contribution in [2.75, 3.05) is 13.1 Å². The van der Waals surface area contributed by atoms with Gasteiger partial charge >= 0.3 is 0 Å². The number of aliphatic hydroxyl groups is 1. The van der Waals surface area contributed by atoms with E-state index in [4.69, 9.17) is 5.26 Å². The Bertz CT molecular complexity index is 720. The Morgan fingerprint density at radius 2 is 2.17 bits per heavy atom. The zero-order valence-corrected chi connectivity index (χ0v) is 12.6. The molecule has 7 heteroatoms. The molecule has 7 nitrogen and oxygen atoms in total. The second-order valence-corrected chi connectivity index (χ2v) is 5.84. The Morgan fingerprint density at radius 3 is 2.83 bits per heavy atom. The van der Waals surface area contributed by atoms with Gasteiger partial charge < -0.3 is 10.0 Å². The van der Waals surface area contributed by atoms with Crippen LogP contribution in [0.4, 0.5) is 0 Å². The van der Waals surface area contributed by atoms with Gasteiger partial charge in [-0.3, -0.25) is 4.79 Å². The molecule has 0 saturated carbocycles. The van der Waals surface area contributed by atoms with E-state index in [1.807, 2.05) is 6.07 Å². The van der Waals surface area contributed by atoms with E-state index in [2.05, 4.69) is 10.3 Å². The number of rotatable bonds is 3. The molecular weight excluding hydrogens is 294 g/mol. The summed E-state index contributed by atoms with van der Waals surface area (Å²) in [6.07, 6.45) is 4.60. The van der Waals surface area contributed by atoms with Crippen LogP contribution in [-0.2, 0) is 6.54 Å². The number of hydrogen-bond acceptors (Lipinski definition) is 5. The van der Waals surface area contributed by atoms with E-state index in [1.165, 1.54) is 0 Å².